The fourth-order valence-electron chi connectivity index (χ4n) is 3.52. The maximum absolute atomic E-state index is 11.9. The lowest BCUT2D eigenvalue weighted by Gasteiger charge is -2.35. The summed E-state index contributed by atoms with van der Waals surface area (Å²) in [4.78, 5) is 25.3. The van der Waals surface area contributed by atoms with Crippen LogP contribution in [0.1, 0.15) is 37.7 Å². The number of carbonyl (C=O) groups is 2. The van der Waals surface area contributed by atoms with Crippen molar-refractivity contribution in [2.75, 3.05) is 23.8 Å². The van der Waals surface area contributed by atoms with E-state index in [1.807, 2.05) is 30.1 Å². The molecule has 1 fully saturated rings. The maximum Gasteiger partial charge on any atom is 0.314 e. The molecule has 5 nitrogen and oxygen atoms in total. The summed E-state index contributed by atoms with van der Waals surface area (Å²) in [5.74, 6) is -0.770. The number of hydrogen-bond acceptors (Lipinski definition) is 3. The first-order chi connectivity index (χ1) is 10.0. The van der Waals surface area contributed by atoms with Crippen LogP contribution in [0, 0.1) is 0 Å². The van der Waals surface area contributed by atoms with Gasteiger partial charge in [0, 0.05) is 7.05 Å². The number of carboxylic acid groups (broad SMARTS) is 1. The van der Waals surface area contributed by atoms with E-state index in [4.69, 9.17) is 0 Å². The smallest absolute Gasteiger partial charge is 0.314 e. The van der Waals surface area contributed by atoms with Gasteiger partial charge in [-0.2, -0.15) is 0 Å². The molecule has 0 spiro atoms. The molecule has 0 bridgehead atoms. The largest absolute Gasteiger partial charge is 0.481 e. The Morgan fingerprint density at radius 3 is 2.67 bits per heavy atom. The number of nitrogens with one attached hydrogen (secondary N) is 1. The number of carbonyl (C=O) groups excluding carboxylic acids is 1. The third kappa shape index (κ3) is 2.26. The number of fused-ring (bicyclic) bond motifs is 1. The van der Waals surface area contributed by atoms with E-state index in [0.29, 0.717) is 19.4 Å². The first kappa shape index (κ1) is 13.9. The Bertz CT molecular complexity index is 591. The Hall–Kier alpha value is -2.04. The van der Waals surface area contributed by atoms with Crippen LogP contribution in [-0.4, -0.2) is 30.6 Å². The standard InChI is InChI=1S/C16H20N2O3/c1-18-10-14(19)17-12-6-5-11(9-13(12)18)16(15(20)21)7-3-2-4-8-16/h5-6,9H,2-4,7-8,10H2,1H3,(H,17,19)(H,20,21). The average molecular weight is 288 g/mol. The number of benzene rings is 1. The summed E-state index contributed by atoms with van der Waals surface area (Å²) in [5.41, 5.74) is 1.75. The minimum atomic E-state index is -0.768. The van der Waals surface area contributed by atoms with Crippen molar-refractivity contribution in [2.45, 2.75) is 37.5 Å². The highest BCUT2D eigenvalue weighted by Crippen LogP contribution is 2.42. The van der Waals surface area contributed by atoms with Crippen molar-refractivity contribution in [1.82, 2.24) is 0 Å². The van der Waals surface area contributed by atoms with E-state index in [-0.39, 0.29) is 5.91 Å². The normalized spacial score (nSPS) is 20.6. The lowest BCUT2D eigenvalue weighted by atomic mass is 9.69. The molecule has 2 aliphatic rings. The Morgan fingerprint density at radius 1 is 1.29 bits per heavy atom. The summed E-state index contributed by atoms with van der Waals surface area (Å²) >= 11 is 0. The maximum atomic E-state index is 11.9. The predicted molar refractivity (Wildman–Crippen MR) is 80.7 cm³/mol. The fraction of sp³-hybridized carbons (Fsp3) is 0.500. The molecule has 112 valence electrons. The molecule has 0 radical (unpaired) electrons. The summed E-state index contributed by atoms with van der Waals surface area (Å²) in [5, 5.41) is 12.6. The van der Waals surface area contributed by atoms with Gasteiger partial charge < -0.3 is 15.3 Å². The number of rotatable bonds is 2. The summed E-state index contributed by atoms with van der Waals surface area (Å²) in [6, 6.07) is 5.63. The molecular weight excluding hydrogens is 268 g/mol. The van der Waals surface area contributed by atoms with Crippen molar-refractivity contribution < 1.29 is 14.7 Å². The number of anilines is 2. The van der Waals surface area contributed by atoms with E-state index in [9.17, 15) is 14.7 Å². The summed E-state index contributed by atoms with van der Waals surface area (Å²) in [6.07, 6.45) is 4.40. The van der Waals surface area contributed by atoms with Crippen LogP contribution in [0.4, 0.5) is 11.4 Å². The topological polar surface area (TPSA) is 69.6 Å². The first-order valence-corrected chi connectivity index (χ1v) is 7.42. The average Bonchev–Trinajstić information content (AvgIpc) is 2.47. The molecule has 1 amide bonds. The van der Waals surface area contributed by atoms with E-state index in [0.717, 1.165) is 36.2 Å². The van der Waals surface area contributed by atoms with Gasteiger partial charge in [-0.05, 0) is 30.5 Å². The van der Waals surface area contributed by atoms with Gasteiger partial charge in [0.25, 0.3) is 0 Å². The van der Waals surface area contributed by atoms with Gasteiger partial charge in [-0.3, -0.25) is 9.59 Å². The molecule has 1 aliphatic carbocycles. The zero-order valence-electron chi connectivity index (χ0n) is 12.2. The zero-order chi connectivity index (χ0) is 15.0. The van der Waals surface area contributed by atoms with Gasteiger partial charge in [0.2, 0.25) is 5.91 Å². The highest BCUT2D eigenvalue weighted by atomic mass is 16.4. The lowest BCUT2D eigenvalue weighted by Crippen LogP contribution is -2.39. The van der Waals surface area contributed by atoms with Crippen molar-refractivity contribution in [3.8, 4) is 0 Å². The number of hydrogen-bond donors (Lipinski definition) is 2. The van der Waals surface area contributed by atoms with Crippen LogP contribution in [0.2, 0.25) is 0 Å². The van der Waals surface area contributed by atoms with Crippen molar-refractivity contribution >= 4 is 23.3 Å². The van der Waals surface area contributed by atoms with Crippen molar-refractivity contribution in [1.29, 1.82) is 0 Å². The summed E-state index contributed by atoms with van der Waals surface area (Å²) in [7, 11) is 1.86. The van der Waals surface area contributed by atoms with Crippen LogP contribution in [-0.2, 0) is 15.0 Å². The number of amides is 1. The quantitative estimate of drug-likeness (QED) is 0.876. The Balaban J connectivity index is 2.04. The monoisotopic (exact) mass is 288 g/mol. The van der Waals surface area contributed by atoms with Crippen LogP contribution in [0.25, 0.3) is 0 Å². The van der Waals surface area contributed by atoms with Gasteiger partial charge >= 0.3 is 5.97 Å². The predicted octanol–water partition coefficient (Wildman–Crippen LogP) is 2.36. The highest BCUT2D eigenvalue weighted by molar-refractivity contribution is 6.01. The van der Waals surface area contributed by atoms with Crippen LogP contribution in [0.5, 0.6) is 0 Å². The molecule has 1 aliphatic heterocycles. The minimum Gasteiger partial charge on any atom is -0.481 e. The van der Waals surface area contributed by atoms with E-state index >= 15 is 0 Å². The first-order valence-electron chi connectivity index (χ1n) is 7.42. The Kier molecular flexibility index (Phi) is 3.35. The molecule has 2 N–H and O–H groups in total. The summed E-state index contributed by atoms with van der Waals surface area (Å²) < 4.78 is 0. The molecule has 0 unspecified atom stereocenters. The third-order valence-corrected chi connectivity index (χ3v) is 4.73. The van der Waals surface area contributed by atoms with Gasteiger partial charge in [-0.25, -0.2) is 0 Å². The van der Waals surface area contributed by atoms with Crippen LogP contribution >= 0.6 is 0 Å². The minimum absolute atomic E-state index is 0.0386. The molecule has 1 heterocycles. The molecular formula is C16H20N2O3. The van der Waals surface area contributed by atoms with Gasteiger partial charge in [-0.1, -0.05) is 25.3 Å². The Morgan fingerprint density at radius 2 is 2.00 bits per heavy atom. The number of likely N-dealkylation sites (N-methyl/N-ethyl adjacent to an activating group) is 1. The van der Waals surface area contributed by atoms with E-state index in [1.165, 1.54) is 0 Å². The van der Waals surface area contributed by atoms with Gasteiger partial charge in [0.15, 0.2) is 0 Å². The third-order valence-electron chi connectivity index (χ3n) is 4.73. The number of nitrogens with zero attached hydrogens (tertiary/aromatic N) is 1. The van der Waals surface area contributed by atoms with Crippen LogP contribution < -0.4 is 10.2 Å². The van der Waals surface area contributed by atoms with Crippen molar-refractivity contribution in [3.05, 3.63) is 23.8 Å². The van der Waals surface area contributed by atoms with E-state index in [2.05, 4.69) is 5.32 Å². The van der Waals surface area contributed by atoms with Gasteiger partial charge in [0.05, 0.1) is 23.3 Å². The fourth-order valence-corrected chi connectivity index (χ4v) is 3.52. The molecule has 5 heteroatoms. The van der Waals surface area contributed by atoms with Gasteiger partial charge in [-0.15, -0.1) is 0 Å². The Labute approximate surface area is 123 Å². The molecule has 0 aromatic heterocycles. The summed E-state index contributed by atoms with van der Waals surface area (Å²) in [6.45, 7) is 0.302. The molecule has 3 rings (SSSR count). The van der Waals surface area contributed by atoms with Crippen LogP contribution in [0.3, 0.4) is 0 Å². The molecule has 0 atom stereocenters. The molecule has 1 aromatic carbocycles. The zero-order valence-corrected chi connectivity index (χ0v) is 12.2. The molecule has 1 aromatic rings. The second kappa shape index (κ2) is 5.06. The second-order valence-corrected chi connectivity index (χ2v) is 6.08. The second-order valence-electron chi connectivity index (χ2n) is 6.08. The molecule has 21 heavy (non-hydrogen) atoms. The molecule has 0 saturated heterocycles. The number of carboxylic acids is 1. The van der Waals surface area contributed by atoms with Crippen LogP contribution in [0.15, 0.2) is 18.2 Å². The number of aliphatic carboxylic acids is 1. The van der Waals surface area contributed by atoms with Gasteiger partial charge in [0.1, 0.15) is 0 Å². The van der Waals surface area contributed by atoms with E-state index < -0.39 is 11.4 Å². The highest BCUT2D eigenvalue weighted by Gasteiger charge is 2.41. The SMILES string of the molecule is CN1CC(=O)Nc2ccc(C3(C(=O)O)CCCCC3)cc21. The lowest BCUT2D eigenvalue weighted by molar-refractivity contribution is -0.145. The molecule has 1 saturated carbocycles. The van der Waals surface area contributed by atoms with E-state index in [1.54, 1.807) is 0 Å². The van der Waals surface area contributed by atoms with Crippen molar-refractivity contribution in [3.63, 3.8) is 0 Å². The van der Waals surface area contributed by atoms with Crippen molar-refractivity contribution in [2.24, 2.45) is 0 Å².